The van der Waals surface area contributed by atoms with Gasteiger partial charge in [-0.2, -0.15) is 5.26 Å². The highest BCUT2D eigenvalue weighted by Gasteiger charge is 1.77. The molecule has 0 atom stereocenters. The third kappa shape index (κ3) is 4.51. The van der Waals surface area contributed by atoms with Gasteiger partial charge in [0.25, 0.3) is 0 Å². The Morgan fingerprint density at radius 2 is 2.56 bits per heavy atom. The van der Waals surface area contributed by atoms with Gasteiger partial charge in [0.1, 0.15) is 11.8 Å². The summed E-state index contributed by atoms with van der Waals surface area (Å²) >= 11 is 0. The van der Waals surface area contributed by atoms with Gasteiger partial charge in [-0.25, -0.2) is 4.99 Å². The summed E-state index contributed by atoms with van der Waals surface area (Å²) in [5.74, 6) is 4.87. The lowest BCUT2D eigenvalue weighted by atomic mass is 10.5. The second-order valence-corrected chi connectivity index (χ2v) is 1.31. The molecule has 3 N–H and O–H groups in total. The third-order valence-corrected chi connectivity index (χ3v) is 0.601. The van der Waals surface area contributed by atoms with Gasteiger partial charge >= 0.3 is 0 Å². The zero-order valence-corrected chi connectivity index (χ0v) is 5.13. The summed E-state index contributed by atoms with van der Waals surface area (Å²) in [4.78, 5) is 3.66. The topological polar surface area (TPSA) is 74.2 Å². The molecule has 0 spiro atoms. The van der Waals surface area contributed by atoms with Gasteiger partial charge in [-0.3, -0.25) is 5.84 Å². The molecule has 0 unspecified atom stereocenters. The van der Waals surface area contributed by atoms with Crippen molar-refractivity contribution in [3.05, 3.63) is 12.4 Å². The van der Waals surface area contributed by atoms with E-state index in [9.17, 15) is 0 Å². The number of nitrogens with one attached hydrogen (secondary N) is 1. The van der Waals surface area contributed by atoms with Crippen LogP contribution in [0.4, 0.5) is 0 Å². The predicted molar refractivity (Wildman–Crippen MR) is 35.2 cm³/mol. The van der Waals surface area contributed by atoms with Crippen molar-refractivity contribution >= 4 is 5.71 Å². The van der Waals surface area contributed by atoms with Crippen LogP contribution in [0.1, 0.15) is 6.92 Å². The molecule has 0 saturated carbocycles. The first-order valence-corrected chi connectivity index (χ1v) is 2.37. The highest BCUT2D eigenvalue weighted by atomic mass is 15.2. The van der Waals surface area contributed by atoms with Crippen LogP contribution in [-0.2, 0) is 0 Å². The Kier molecular flexibility index (Phi) is 4.09. The fourth-order valence-corrected chi connectivity index (χ4v) is 0.221. The van der Waals surface area contributed by atoms with Crippen molar-refractivity contribution in [2.24, 2.45) is 10.8 Å². The van der Waals surface area contributed by atoms with Crippen molar-refractivity contribution in [2.45, 2.75) is 6.92 Å². The van der Waals surface area contributed by atoms with Gasteiger partial charge in [0.15, 0.2) is 0 Å². The van der Waals surface area contributed by atoms with Crippen LogP contribution < -0.4 is 11.3 Å². The number of nitrogens with two attached hydrogens (primary N) is 1. The molecular weight excluding hydrogens is 116 g/mol. The maximum atomic E-state index is 8.17. The van der Waals surface area contributed by atoms with Crippen molar-refractivity contribution < 1.29 is 0 Å². The Labute approximate surface area is 53.7 Å². The molecule has 0 rings (SSSR count). The summed E-state index contributed by atoms with van der Waals surface area (Å²) in [6.45, 7) is 1.61. The maximum Gasteiger partial charge on any atom is 0.115 e. The Balaban J connectivity index is 3.72. The molecule has 0 bridgehead atoms. The fraction of sp³-hybridized carbons (Fsp3) is 0.200. The van der Waals surface area contributed by atoms with Crippen LogP contribution >= 0.6 is 0 Å². The molecule has 0 aliphatic heterocycles. The average molecular weight is 124 g/mol. The zero-order valence-electron chi connectivity index (χ0n) is 5.13. The Morgan fingerprint density at radius 3 is 3.00 bits per heavy atom. The number of aliphatic imine (C=N–C) groups is 1. The summed E-state index contributed by atoms with van der Waals surface area (Å²) in [5, 5.41) is 8.17. The van der Waals surface area contributed by atoms with E-state index in [1.807, 2.05) is 6.07 Å². The zero-order chi connectivity index (χ0) is 7.11. The normalized spacial score (nSPS) is 11.4. The van der Waals surface area contributed by atoms with Crippen LogP contribution in [0.5, 0.6) is 0 Å². The van der Waals surface area contributed by atoms with E-state index >= 15 is 0 Å². The molecule has 0 saturated heterocycles. The van der Waals surface area contributed by atoms with E-state index in [1.165, 1.54) is 12.4 Å². The van der Waals surface area contributed by atoms with E-state index in [1.54, 1.807) is 6.92 Å². The van der Waals surface area contributed by atoms with E-state index in [-0.39, 0.29) is 0 Å². The van der Waals surface area contributed by atoms with Gasteiger partial charge in [-0.1, -0.05) is 0 Å². The molecule has 0 aromatic carbocycles. The molecule has 4 nitrogen and oxygen atoms in total. The molecule has 0 aliphatic rings. The van der Waals surface area contributed by atoms with E-state index < -0.39 is 0 Å². The minimum absolute atomic E-state index is 0.404. The van der Waals surface area contributed by atoms with Crippen molar-refractivity contribution in [2.75, 3.05) is 0 Å². The van der Waals surface area contributed by atoms with Crippen molar-refractivity contribution in [1.82, 2.24) is 5.43 Å². The molecule has 4 heteroatoms. The lowest BCUT2D eigenvalue weighted by Crippen LogP contribution is -2.12. The maximum absolute atomic E-state index is 8.17. The lowest BCUT2D eigenvalue weighted by molar-refractivity contribution is 0.963. The fourth-order valence-electron chi connectivity index (χ4n) is 0.221. The number of rotatable bonds is 2. The molecule has 0 aromatic heterocycles. The Bertz CT molecular complexity index is 162. The van der Waals surface area contributed by atoms with Crippen molar-refractivity contribution in [3.8, 4) is 6.07 Å². The van der Waals surface area contributed by atoms with Gasteiger partial charge in [-0.15, -0.1) is 0 Å². The van der Waals surface area contributed by atoms with Gasteiger partial charge in [0.2, 0.25) is 0 Å². The van der Waals surface area contributed by atoms with Crippen LogP contribution in [0.25, 0.3) is 0 Å². The first kappa shape index (κ1) is 7.66. The molecule has 0 radical (unpaired) electrons. The minimum atomic E-state index is 0.404. The molecule has 0 fully saturated rings. The molecule has 0 aromatic rings. The largest absolute Gasteiger partial charge is 0.330 e. The monoisotopic (exact) mass is 124 g/mol. The van der Waals surface area contributed by atoms with Crippen LogP contribution in [0.3, 0.4) is 0 Å². The number of hydrogen-bond acceptors (Lipinski definition) is 4. The molecule has 0 aliphatic carbocycles. The third-order valence-electron chi connectivity index (χ3n) is 0.601. The molecule has 0 amide bonds. The SMILES string of the molecule is CC(C#N)=N/C=C\NN. The van der Waals surface area contributed by atoms with Crippen LogP contribution in [0.2, 0.25) is 0 Å². The highest BCUT2D eigenvalue weighted by molar-refractivity contribution is 5.96. The summed E-state index contributed by atoms with van der Waals surface area (Å²) in [6, 6.07) is 1.85. The molecule has 9 heavy (non-hydrogen) atoms. The Morgan fingerprint density at radius 1 is 1.89 bits per heavy atom. The smallest absolute Gasteiger partial charge is 0.115 e. The van der Waals surface area contributed by atoms with E-state index in [0.29, 0.717) is 5.71 Å². The number of nitrogens with zero attached hydrogens (tertiary/aromatic N) is 2. The van der Waals surface area contributed by atoms with Crippen LogP contribution in [-0.4, -0.2) is 5.71 Å². The minimum Gasteiger partial charge on any atom is -0.330 e. The number of nitriles is 1. The first-order valence-electron chi connectivity index (χ1n) is 2.37. The average Bonchev–Trinajstić information content (AvgIpc) is 1.89. The summed E-state index contributed by atoms with van der Waals surface area (Å²) in [7, 11) is 0. The first-order chi connectivity index (χ1) is 4.31. The van der Waals surface area contributed by atoms with Crippen LogP contribution in [0, 0.1) is 11.3 Å². The lowest BCUT2D eigenvalue weighted by Gasteiger charge is -1.81. The van der Waals surface area contributed by atoms with E-state index in [2.05, 4.69) is 10.4 Å². The molecule has 48 valence electrons. The highest BCUT2D eigenvalue weighted by Crippen LogP contribution is 1.74. The summed E-state index contributed by atoms with van der Waals surface area (Å²) in [6.07, 6.45) is 2.85. The van der Waals surface area contributed by atoms with Crippen molar-refractivity contribution in [3.63, 3.8) is 0 Å². The van der Waals surface area contributed by atoms with Gasteiger partial charge in [-0.05, 0) is 6.92 Å². The quantitative estimate of drug-likeness (QED) is 0.307. The van der Waals surface area contributed by atoms with E-state index in [0.717, 1.165) is 0 Å². The second-order valence-electron chi connectivity index (χ2n) is 1.31. The second kappa shape index (κ2) is 4.81. The molecule has 0 heterocycles. The van der Waals surface area contributed by atoms with Gasteiger partial charge < -0.3 is 5.43 Å². The van der Waals surface area contributed by atoms with Gasteiger partial charge in [0, 0.05) is 12.4 Å². The number of hydrazine groups is 1. The summed E-state index contributed by atoms with van der Waals surface area (Å²) in [5.41, 5.74) is 2.65. The predicted octanol–water partition coefficient (Wildman–Crippen LogP) is -0.0946. The Hall–Kier alpha value is -1.34. The number of hydrogen-bond donors (Lipinski definition) is 2. The summed E-state index contributed by atoms with van der Waals surface area (Å²) < 4.78 is 0. The van der Waals surface area contributed by atoms with Crippen molar-refractivity contribution in [1.29, 1.82) is 5.26 Å². The molecular formula is C5H8N4. The van der Waals surface area contributed by atoms with E-state index in [4.69, 9.17) is 11.1 Å². The van der Waals surface area contributed by atoms with Gasteiger partial charge in [0.05, 0.1) is 0 Å². The van der Waals surface area contributed by atoms with Crippen LogP contribution in [0.15, 0.2) is 17.4 Å². The standard InChI is InChI=1S/C5H8N4/c1-5(4-6)8-2-3-9-7/h2-3,9H,7H2,1H3/b3-2-,8-5?.